The largest absolute Gasteiger partial charge is 0.309 e. The van der Waals surface area contributed by atoms with Gasteiger partial charge in [-0.1, -0.05) is 109 Å². The van der Waals surface area contributed by atoms with E-state index in [0.717, 1.165) is 72.2 Å². The topological polar surface area (TPSA) is 61.4 Å². The van der Waals surface area contributed by atoms with E-state index < -0.39 is 0 Å². The van der Waals surface area contributed by atoms with Gasteiger partial charge in [0.25, 0.3) is 0 Å². The molecule has 0 radical (unpaired) electrons. The minimum Gasteiger partial charge on any atom is -0.309 e. The Labute approximate surface area is 322 Å². The van der Waals surface area contributed by atoms with E-state index in [1.54, 1.807) is 0 Å². The van der Waals surface area contributed by atoms with Gasteiger partial charge in [0.05, 0.1) is 27.6 Å². The third kappa shape index (κ3) is 5.27. The summed E-state index contributed by atoms with van der Waals surface area (Å²) in [7, 11) is 0. The van der Waals surface area contributed by atoms with Gasteiger partial charge in [-0.3, -0.25) is 4.98 Å². The molecule has 11 rings (SSSR count). The van der Waals surface area contributed by atoms with E-state index in [-0.39, 0.29) is 0 Å². The molecule has 0 spiro atoms. The number of hydrogen-bond donors (Lipinski definition) is 0. The zero-order valence-electron chi connectivity index (χ0n) is 30.2. The van der Waals surface area contributed by atoms with Gasteiger partial charge in [0.15, 0.2) is 17.5 Å². The second kappa shape index (κ2) is 13.0. The Morgan fingerprint density at radius 2 is 0.750 bits per heavy atom. The van der Waals surface area contributed by atoms with E-state index in [1.165, 1.54) is 10.8 Å². The molecule has 0 fully saturated rings. The number of nitrogens with zero attached hydrogens (tertiary/aromatic N) is 6. The minimum atomic E-state index is 0.634. The van der Waals surface area contributed by atoms with E-state index in [2.05, 4.69) is 130 Å². The Morgan fingerprint density at radius 1 is 0.304 bits per heavy atom. The molecular formula is C50H32N6. The van der Waals surface area contributed by atoms with Crippen LogP contribution in [0.5, 0.6) is 0 Å². The van der Waals surface area contributed by atoms with Crippen LogP contribution in [0.4, 0.5) is 0 Å². The third-order valence-electron chi connectivity index (χ3n) is 10.6. The molecule has 0 saturated heterocycles. The van der Waals surface area contributed by atoms with E-state index in [4.69, 9.17) is 19.9 Å². The summed E-state index contributed by atoms with van der Waals surface area (Å²) < 4.78 is 4.64. The summed E-state index contributed by atoms with van der Waals surface area (Å²) >= 11 is 0. The van der Waals surface area contributed by atoms with Gasteiger partial charge < -0.3 is 9.13 Å². The molecule has 6 heteroatoms. The number of aromatic nitrogens is 6. The summed E-state index contributed by atoms with van der Waals surface area (Å²) in [5.74, 6) is 1.93. The second-order valence-electron chi connectivity index (χ2n) is 13.9. The smallest absolute Gasteiger partial charge is 0.164 e. The third-order valence-corrected chi connectivity index (χ3v) is 10.6. The minimum absolute atomic E-state index is 0.634. The molecule has 0 aliphatic carbocycles. The van der Waals surface area contributed by atoms with Crippen molar-refractivity contribution in [2.75, 3.05) is 0 Å². The molecule has 4 heterocycles. The predicted octanol–water partition coefficient (Wildman–Crippen LogP) is 12.1. The molecule has 56 heavy (non-hydrogen) atoms. The van der Waals surface area contributed by atoms with Gasteiger partial charge in [0.1, 0.15) is 0 Å². The molecule has 0 N–H and O–H groups in total. The van der Waals surface area contributed by atoms with E-state index in [1.807, 2.05) is 72.9 Å². The van der Waals surface area contributed by atoms with Crippen LogP contribution in [0.3, 0.4) is 0 Å². The Morgan fingerprint density at radius 3 is 1.39 bits per heavy atom. The molecule has 6 nitrogen and oxygen atoms in total. The monoisotopic (exact) mass is 716 g/mol. The van der Waals surface area contributed by atoms with Crippen molar-refractivity contribution >= 4 is 43.7 Å². The maximum Gasteiger partial charge on any atom is 0.164 e. The molecule has 0 aliphatic rings. The Hall–Kier alpha value is -7.70. The first-order chi connectivity index (χ1) is 27.8. The molecule has 0 bridgehead atoms. The van der Waals surface area contributed by atoms with E-state index in [9.17, 15) is 0 Å². The highest BCUT2D eigenvalue weighted by Gasteiger charge is 2.17. The van der Waals surface area contributed by atoms with Crippen molar-refractivity contribution in [3.63, 3.8) is 0 Å². The van der Waals surface area contributed by atoms with Gasteiger partial charge in [0.2, 0.25) is 0 Å². The first-order valence-electron chi connectivity index (χ1n) is 18.7. The van der Waals surface area contributed by atoms with Crippen LogP contribution in [0, 0.1) is 0 Å². The lowest BCUT2D eigenvalue weighted by molar-refractivity contribution is 1.07. The molecule has 11 aromatic rings. The number of rotatable bonds is 6. The molecule has 0 aliphatic heterocycles. The van der Waals surface area contributed by atoms with Gasteiger partial charge in [-0.2, -0.15) is 0 Å². The Kier molecular flexibility index (Phi) is 7.38. The van der Waals surface area contributed by atoms with Crippen molar-refractivity contribution in [2.24, 2.45) is 0 Å². The molecular weight excluding hydrogens is 685 g/mol. The summed E-state index contributed by atoms with van der Waals surface area (Å²) in [6.07, 6.45) is 1.88. The molecule has 0 atom stereocenters. The number of pyridine rings is 1. The fraction of sp³-hybridized carbons (Fsp3) is 0. The van der Waals surface area contributed by atoms with Crippen molar-refractivity contribution in [1.29, 1.82) is 0 Å². The van der Waals surface area contributed by atoms with Crippen LogP contribution in [-0.2, 0) is 0 Å². The predicted molar refractivity (Wildman–Crippen MR) is 228 cm³/mol. The normalized spacial score (nSPS) is 11.6. The zero-order valence-corrected chi connectivity index (χ0v) is 30.2. The summed E-state index contributed by atoms with van der Waals surface area (Å²) in [5, 5.41) is 3.54. The Bertz CT molecular complexity index is 3160. The van der Waals surface area contributed by atoms with Crippen LogP contribution in [0.2, 0.25) is 0 Å². The molecule has 262 valence electrons. The highest BCUT2D eigenvalue weighted by Crippen LogP contribution is 2.38. The van der Waals surface area contributed by atoms with Gasteiger partial charge in [0, 0.05) is 50.4 Å². The highest BCUT2D eigenvalue weighted by molar-refractivity contribution is 6.12. The second-order valence-corrected chi connectivity index (χ2v) is 13.9. The standard InChI is InChI=1S/C50H32N6/c1-4-13-33(14-5-1)48-52-49(34-15-6-2-7-16-34)54-50(53-48)35-22-26-39(27-23-35)55-43-20-11-10-19-40(43)41-31-36(24-28-44(41)55)37-25-29-45-42(32-37)47-46(21-12-30-51-47)56(45)38-17-8-3-9-18-38/h1-32H. The van der Waals surface area contributed by atoms with Crippen LogP contribution >= 0.6 is 0 Å². The maximum absolute atomic E-state index is 4.95. The molecule has 0 amide bonds. The van der Waals surface area contributed by atoms with Crippen molar-refractivity contribution in [1.82, 2.24) is 29.1 Å². The van der Waals surface area contributed by atoms with Crippen molar-refractivity contribution in [3.8, 4) is 56.7 Å². The number of benzene rings is 7. The molecule has 0 saturated carbocycles. The molecule has 4 aromatic heterocycles. The zero-order chi connectivity index (χ0) is 37.0. The number of para-hydroxylation sites is 2. The Balaban J connectivity index is 1.01. The average molecular weight is 717 g/mol. The van der Waals surface area contributed by atoms with Crippen LogP contribution in [-0.4, -0.2) is 29.1 Å². The summed E-state index contributed by atoms with van der Waals surface area (Å²) in [4.78, 5) is 19.6. The SMILES string of the molecule is c1ccc(-c2nc(-c3ccccc3)nc(-c3ccc(-n4c5ccccc5c5cc(-c6ccc7c(c6)c6ncccc6n7-c6ccccc6)ccc54)cc3)n2)cc1. The number of hydrogen-bond acceptors (Lipinski definition) is 4. The van der Waals surface area contributed by atoms with Crippen molar-refractivity contribution < 1.29 is 0 Å². The number of fused-ring (bicyclic) bond motifs is 6. The van der Waals surface area contributed by atoms with E-state index >= 15 is 0 Å². The van der Waals surface area contributed by atoms with Crippen LogP contribution < -0.4 is 0 Å². The fourth-order valence-corrected chi connectivity index (χ4v) is 8.00. The first-order valence-corrected chi connectivity index (χ1v) is 18.7. The van der Waals surface area contributed by atoms with Gasteiger partial charge in [-0.05, 0) is 90.0 Å². The average Bonchev–Trinajstić information content (AvgIpc) is 3.79. The van der Waals surface area contributed by atoms with Crippen molar-refractivity contribution in [2.45, 2.75) is 0 Å². The van der Waals surface area contributed by atoms with E-state index in [0.29, 0.717) is 17.5 Å². The lowest BCUT2D eigenvalue weighted by Gasteiger charge is -2.11. The molecule has 7 aromatic carbocycles. The highest BCUT2D eigenvalue weighted by atomic mass is 15.0. The maximum atomic E-state index is 4.95. The van der Waals surface area contributed by atoms with Crippen LogP contribution in [0.25, 0.3) is 100 Å². The lowest BCUT2D eigenvalue weighted by Crippen LogP contribution is -2.00. The summed E-state index contributed by atoms with van der Waals surface area (Å²) in [5.41, 5.74) is 12.8. The van der Waals surface area contributed by atoms with Gasteiger partial charge in [-0.25, -0.2) is 15.0 Å². The van der Waals surface area contributed by atoms with Gasteiger partial charge >= 0.3 is 0 Å². The quantitative estimate of drug-likeness (QED) is 0.172. The summed E-state index contributed by atoms with van der Waals surface area (Å²) in [6, 6.07) is 65.6. The lowest BCUT2D eigenvalue weighted by atomic mass is 10.0. The summed E-state index contributed by atoms with van der Waals surface area (Å²) in [6.45, 7) is 0. The van der Waals surface area contributed by atoms with Crippen molar-refractivity contribution in [3.05, 3.63) is 194 Å². The van der Waals surface area contributed by atoms with Gasteiger partial charge in [-0.15, -0.1) is 0 Å². The first kappa shape index (κ1) is 31.8. The van der Waals surface area contributed by atoms with Crippen LogP contribution in [0.1, 0.15) is 0 Å². The fourth-order valence-electron chi connectivity index (χ4n) is 8.00. The van der Waals surface area contributed by atoms with Crippen LogP contribution in [0.15, 0.2) is 194 Å². The molecule has 0 unspecified atom stereocenters.